The molecular formula is C22H21NO2. The maximum atomic E-state index is 11.4. The number of hydrogen-bond donors (Lipinski definition) is 1. The average molecular weight is 331 g/mol. The van der Waals surface area contributed by atoms with Gasteiger partial charge < -0.3 is 10.1 Å². The number of carbonyl (C=O) groups excluding carboxylic acids is 1. The van der Waals surface area contributed by atoms with Crippen LogP contribution in [0.1, 0.15) is 12.0 Å². The third-order valence-corrected chi connectivity index (χ3v) is 4.11. The number of hydrogen-bond acceptors (Lipinski definition) is 3. The molecule has 0 aliphatic carbocycles. The summed E-state index contributed by atoms with van der Waals surface area (Å²) in [5.74, 6) is -0.193. The van der Waals surface area contributed by atoms with Gasteiger partial charge in [-0.05, 0) is 41.3 Å². The number of benzene rings is 3. The van der Waals surface area contributed by atoms with E-state index in [4.69, 9.17) is 4.74 Å². The van der Waals surface area contributed by atoms with Crippen LogP contribution in [-0.2, 0) is 16.0 Å². The zero-order chi connectivity index (χ0) is 17.5. The van der Waals surface area contributed by atoms with Gasteiger partial charge in [-0.25, -0.2) is 0 Å². The summed E-state index contributed by atoms with van der Waals surface area (Å²) >= 11 is 0. The van der Waals surface area contributed by atoms with Crippen molar-refractivity contribution in [2.24, 2.45) is 0 Å². The molecule has 3 rings (SSSR count). The Kier molecular flexibility index (Phi) is 5.47. The predicted molar refractivity (Wildman–Crippen MR) is 102 cm³/mol. The van der Waals surface area contributed by atoms with Crippen molar-refractivity contribution in [3.63, 3.8) is 0 Å². The number of carbonyl (C=O) groups is 1. The van der Waals surface area contributed by atoms with Gasteiger partial charge in [-0.15, -0.1) is 0 Å². The van der Waals surface area contributed by atoms with Gasteiger partial charge >= 0.3 is 5.97 Å². The van der Waals surface area contributed by atoms with Crippen LogP contribution < -0.4 is 5.32 Å². The van der Waals surface area contributed by atoms with Crippen molar-refractivity contribution in [1.82, 2.24) is 0 Å². The van der Waals surface area contributed by atoms with Crippen LogP contribution in [0.5, 0.6) is 0 Å². The zero-order valence-corrected chi connectivity index (χ0v) is 14.2. The molecule has 0 radical (unpaired) electrons. The molecule has 0 amide bonds. The number of esters is 1. The van der Waals surface area contributed by atoms with Crippen LogP contribution >= 0.6 is 0 Å². The average Bonchev–Trinajstić information content (AvgIpc) is 2.68. The molecule has 0 bridgehead atoms. The maximum absolute atomic E-state index is 11.4. The Morgan fingerprint density at radius 1 is 0.840 bits per heavy atom. The monoisotopic (exact) mass is 331 g/mol. The number of ether oxygens (including phenoxy) is 1. The van der Waals surface area contributed by atoms with E-state index in [1.807, 2.05) is 42.5 Å². The van der Waals surface area contributed by atoms with Crippen LogP contribution in [0.15, 0.2) is 78.9 Å². The van der Waals surface area contributed by atoms with Gasteiger partial charge in [-0.2, -0.15) is 0 Å². The van der Waals surface area contributed by atoms with E-state index in [9.17, 15) is 4.79 Å². The van der Waals surface area contributed by atoms with Crippen LogP contribution in [0, 0.1) is 0 Å². The number of para-hydroxylation sites is 1. The molecule has 0 aliphatic rings. The summed E-state index contributed by atoms with van der Waals surface area (Å²) in [6.07, 6.45) is 1.03. The summed E-state index contributed by atoms with van der Waals surface area (Å²) in [6.45, 7) is 0. The summed E-state index contributed by atoms with van der Waals surface area (Å²) in [5.41, 5.74) is 5.52. The molecule has 3 nitrogen and oxygen atoms in total. The van der Waals surface area contributed by atoms with E-state index in [0.717, 1.165) is 16.9 Å². The summed E-state index contributed by atoms with van der Waals surface area (Å²) in [4.78, 5) is 11.4. The predicted octanol–water partition coefficient (Wildman–Crippen LogP) is 5.20. The van der Waals surface area contributed by atoms with Crippen molar-refractivity contribution >= 4 is 17.3 Å². The Bertz CT molecular complexity index is 826. The van der Waals surface area contributed by atoms with E-state index < -0.39 is 0 Å². The van der Waals surface area contributed by atoms with E-state index in [1.54, 1.807) is 0 Å². The third kappa shape index (κ3) is 4.48. The molecule has 3 aromatic rings. The first kappa shape index (κ1) is 16.8. The second-order valence-corrected chi connectivity index (χ2v) is 5.80. The lowest BCUT2D eigenvalue weighted by molar-refractivity contribution is -0.140. The molecule has 0 aromatic heterocycles. The molecule has 0 fully saturated rings. The lowest BCUT2D eigenvalue weighted by atomic mass is 10.0. The van der Waals surface area contributed by atoms with Crippen LogP contribution in [0.3, 0.4) is 0 Å². The SMILES string of the molecule is COC(=O)CCc1ccccc1Nc1ccc(-c2ccccc2)cc1. The van der Waals surface area contributed by atoms with E-state index in [2.05, 4.69) is 41.7 Å². The van der Waals surface area contributed by atoms with Crippen LogP contribution in [0.2, 0.25) is 0 Å². The Hall–Kier alpha value is -3.07. The highest BCUT2D eigenvalue weighted by Gasteiger charge is 2.06. The molecule has 1 N–H and O–H groups in total. The van der Waals surface area contributed by atoms with Gasteiger partial charge in [0.2, 0.25) is 0 Å². The van der Waals surface area contributed by atoms with Crippen LogP contribution in [-0.4, -0.2) is 13.1 Å². The fourth-order valence-corrected chi connectivity index (χ4v) is 2.73. The van der Waals surface area contributed by atoms with Crippen molar-refractivity contribution in [3.05, 3.63) is 84.4 Å². The van der Waals surface area contributed by atoms with E-state index >= 15 is 0 Å². The summed E-state index contributed by atoms with van der Waals surface area (Å²) in [5, 5.41) is 3.44. The zero-order valence-electron chi connectivity index (χ0n) is 14.2. The van der Waals surface area contributed by atoms with Crippen molar-refractivity contribution < 1.29 is 9.53 Å². The smallest absolute Gasteiger partial charge is 0.305 e. The summed E-state index contributed by atoms with van der Waals surface area (Å²) in [7, 11) is 1.42. The minimum atomic E-state index is -0.193. The van der Waals surface area contributed by atoms with E-state index in [0.29, 0.717) is 12.8 Å². The van der Waals surface area contributed by atoms with Crippen molar-refractivity contribution in [1.29, 1.82) is 0 Å². The largest absolute Gasteiger partial charge is 0.469 e. The molecule has 0 atom stereocenters. The maximum Gasteiger partial charge on any atom is 0.305 e. The molecule has 25 heavy (non-hydrogen) atoms. The Morgan fingerprint density at radius 2 is 1.48 bits per heavy atom. The highest BCUT2D eigenvalue weighted by Crippen LogP contribution is 2.25. The third-order valence-electron chi connectivity index (χ3n) is 4.11. The first-order valence-corrected chi connectivity index (χ1v) is 8.33. The molecular weight excluding hydrogens is 310 g/mol. The van der Waals surface area contributed by atoms with Gasteiger partial charge in [0.05, 0.1) is 7.11 Å². The minimum Gasteiger partial charge on any atom is -0.469 e. The molecule has 3 heteroatoms. The topological polar surface area (TPSA) is 38.3 Å². The van der Waals surface area contributed by atoms with Crippen molar-refractivity contribution in [2.75, 3.05) is 12.4 Å². The number of nitrogens with one attached hydrogen (secondary N) is 1. The van der Waals surface area contributed by atoms with Crippen LogP contribution in [0.4, 0.5) is 11.4 Å². The van der Waals surface area contributed by atoms with Crippen molar-refractivity contribution in [3.8, 4) is 11.1 Å². The molecule has 3 aromatic carbocycles. The van der Waals surface area contributed by atoms with E-state index in [-0.39, 0.29) is 5.97 Å². The molecule has 0 saturated carbocycles. The number of anilines is 2. The highest BCUT2D eigenvalue weighted by molar-refractivity contribution is 5.71. The first-order valence-electron chi connectivity index (χ1n) is 8.33. The molecule has 0 unspecified atom stereocenters. The first-order chi connectivity index (χ1) is 12.3. The second kappa shape index (κ2) is 8.15. The van der Waals surface area contributed by atoms with Gasteiger partial charge in [0.1, 0.15) is 0 Å². The Morgan fingerprint density at radius 3 is 2.20 bits per heavy atom. The Balaban J connectivity index is 1.73. The molecule has 126 valence electrons. The van der Waals surface area contributed by atoms with Gasteiger partial charge in [-0.1, -0.05) is 60.7 Å². The summed E-state index contributed by atoms with van der Waals surface area (Å²) in [6, 6.07) is 26.7. The van der Waals surface area contributed by atoms with Gasteiger partial charge in [0.15, 0.2) is 0 Å². The molecule has 0 saturated heterocycles. The van der Waals surface area contributed by atoms with E-state index in [1.165, 1.54) is 18.2 Å². The number of aryl methyl sites for hydroxylation is 1. The minimum absolute atomic E-state index is 0.193. The standard InChI is InChI=1S/C22H21NO2/c1-25-22(24)16-13-19-9-5-6-10-21(19)23-20-14-11-18(12-15-20)17-7-3-2-4-8-17/h2-12,14-15,23H,13,16H2,1H3. The number of rotatable bonds is 6. The van der Waals surface area contributed by atoms with Gasteiger partial charge in [0, 0.05) is 17.8 Å². The second-order valence-electron chi connectivity index (χ2n) is 5.80. The molecule has 0 aliphatic heterocycles. The quantitative estimate of drug-likeness (QED) is 0.631. The van der Waals surface area contributed by atoms with Crippen molar-refractivity contribution in [2.45, 2.75) is 12.8 Å². The lowest BCUT2D eigenvalue weighted by Gasteiger charge is -2.12. The lowest BCUT2D eigenvalue weighted by Crippen LogP contribution is -2.03. The number of methoxy groups -OCH3 is 1. The molecule has 0 heterocycles. The highest BCUT2D eigenvalue weighted by atomic mass is 16.5. The fourth-order valence-electron chi connectivity index (χ4n) is 2.73. The normalized spacial score (nSPS) is 10.3. The Labute approximate surface area is 148 Å². The summed E-state index contributed by atoms with van der Waals surface area (Å²) < 4.78 is 4.73. The van der Waals surface area contributed by atoms with Crippen LogP contribution in [0.25, 0.3) is 11.1 Å². The fraction of sp³-hybridized carbons (Fsp3) is 0.136. The van der Waals surface area contributed by atoms with Gasteiger partial charge in [-0.3, -0.25) is 4.79 Å². The van der Waals surface area contributed by atoms with Gasteiger partial charge in [0.25, 0.3) is 0 Å². The molecule has 0 spiro atoms.